The Morgan fingerprint density at radius 1 is 1.38 bits per heavy atom. The van der Waals surface area contributed by atoms with Crippen LogP contribution in [0.1, 0.15) is 33.5 Å². The quantitative estimate of drug-likeness (QED) is 0.484. The van der Waals surface area contributed by atoms with E-state index in [-0.39, 0.29) is 29.4 Å². The van der Waals surface area contributed by atoms with Crippen LogP contribution in [0, 0.1) is 17.0 Å². The van der Waals surface area contributed by atoms with Crippen molar-refractivity contribution in [2.24, 2.45) is 14.1 Å². The third-order valence-electron chi connectivity index (χ3n) is 3.25. The van der Waals surface area contributed by atoms with Gasteiger partial charge in [0.2, 0.25) is 5.69 Å². The molecule has 128 valence electrons. The second-order valence-corrected chi connectivity index (χ2v) is 4.87. The predicted molar refractivity (Wildman–Crippen MR) is 81.7 cm³/mol. The van der Waals surface area contributed by atoms with E-state index in [9.17, 15) is 19.7 Å². The number of hydrogen-bond acceptors (Lipinski definition) is 7. The molecule has 0 atom stereocenters. The number of nitrogens with zero attached hydrogens (tertiary/aromatic N) is 5. The minimum absolute atomic E-state index is 0.0502. The summed E-state index contributed by atoms with van der Waals surface area (Å²) in [5.41, 5.74) is -0.458. The lowest BCUT2D eigenvalue weighted by Crippen LogP contribution is -2.21. The Bertz CT molecular complexity index is 821. The summed E-state index contributed by atoms with van der Waals surface area (Å²) in [5, 5.41) is 21.4. The van der Waals surface area contributed by atoms with Crippen LogP contribution in [0.4, 0.5) is 11.5 Å². The number of anilines is 1. The number of esters is 1. The largest absolute Gasteiger partial charge is 0.462 e. The first-order valence-corrected chi connectivity index (χ1v) is 6.96. The summed E-state index contributed by atoms with van der Waals surface area (Å²) >= 11 is 0. The lowest BCUT2D eigenvalue weighted by atomic mass is 10.2. The van der Waals surface area contributed by atoms with Crippen molar-refractivity contribution in [3.63, 3.8) is 0 Å². The molecule has 0 aromatic carbocycles. The summed E-state index contributed by atoms with van der Waals surface area (Å²) in [5.74, 6) is -1.36. The molecule has 0 aliphatic carbocycles. The Hall–Kier alpha value is -3.24. The van der Waals surface area contributed by atoms with Gasteiger partial charge in [-0.1, -0.05) is 0 Å². The number of nitrogens with one attached hydrogen (secondary N) is 1. The maximum absolute atomic E-state index is 12.5. The fourth-order valence-corrected chi connectivity index (χ4v) is 2.23. The number of ether oxygens (including phenoxy) is 1. The zero-order valence-electron chi connectivity index (χ0n) is 13.6. The second kappa shape index (κ2) is 6.48. The Balaban J connectivity index is 2.40. The predicted octanol–water partition coefficient (Wildman–Crippen LogP) is 0.799. The van der Waals surface area contributed by atoms with Gasteiger partial charge < -0.3 is 10.1 Å². The summed E-state index contributed by atoms with van der Waals surface area (Å²) < 4.78 is 7.27. The lowest BCUT2D eigenvalue weighted by molar-refractivity contribution is -0.385. The van der Waals surface area contributed by atoms with Gasteiger partial charge in [-0.25, -0.2) is 4.79 Å². The van der Waals surface area contributed by atoms with Crippen molar-refractivity contribution in [1.29, 1.82) is 0 Å². The molecule has 2 aromatic heterocycles. The molecule has 11 heteroatoms. The molecule has 0 bridgehead atoms. The van der Waals surface area contributed by atoms with E-state index >= 15 is 0 Å². The summed E-state index contributed by atoms with van der Waals surface area (Å²) in [6, 6.07) is 0. The van der Waals surface area contributed by atoms with Crippen LogP contribution in [-0.2, 0) is 18.8 Å². The maximum atomic E-state index is 12.5. The van der Waals surface area contributed by atoms with E-state index in [4.69, 9.17) is 4.74 Å². The number of amides is 1. The van der Waals surface area contributed by atoms with Crippen LogP contribution in [0.2, 0.25) is 0 Å². The van der Waals surface area contributed by atoms with E-state index in [1.165, 1.54) is 31.9 Å². The molecule has 2 rings (SSSR count). The van der Waals surface area contributed by atoms with E-state index in [2.05, 4.69) is 15.5 Å². The molecule has 0 radical (unpaired) electrons. The Morgan fingerprint density at radius 2 is 2.04 bits per heavy atom. The molecular formula is C13H16N6O5. The monoisotopic (exact) mass is 336 g/mol. The normalized spacial score (nSPS) is 10.5. The highest BCUT2D eigenvalue weighted by atomic mass is 16.6. The number of rotatable bonds is 5. The smallest absolute Gasteiger partial charge is 0.343 e. The number of carbonyl (C=O) groups excluding carboxylic acids is 2. The van der Waals surface area contributed by atoms with Crippen LogP contribution in [0.25, 0.3) is 0 Å². The van der Waals surface area contributed by atoms with E-state index in [1.807, 2.05) is 0 Å². The molecule has 0 unspecified atom stereocenters. The lowest BCUT2D eigenvalue weighted by Gasteiger charge is -2.08. The first kappa shape index (κ1) is 17.1. The van der Waals surface area contributed by atoms with Gasteiger partial charge in [-0.05, 0) is 13.8 Å². The molecule has 24 heavy (non-hydrogen) atoms. The first-order chi connectivity index (χ1) is 11.3. The summed E-state index contributed by atoms with van der Waals surface area (Å²) in [4.78, 5) is 34.9. The van der Waals surface area contributed by atoms with Crippen molar-refractivity contribution in [1.82, 2.24) is 19.6 Å². The van der Waals surface area contributed by atoms with Crippen LogP contribution in [-0.4, -0.2) is 43.0 Å². The second-order valence-electron chi connectivity index (χ2n) is 4.87. The molecule has 0 saturated carbocycles. The zero-order valence-corrected chi connectivity index (χ0v) is 13.6. The number of nitro groups is 1. The summed E-state index contributed by atoms with van der Waals surface area (Å²) in [6.07, 6.45) is 1.25. The minimum Gasteiger partial charge on any atom is -0.462 e. The average Bonchev–Trinajstić information content (AvgIpc) is 2.99. The van der Waals surface area contributed by atoms with Gasteiger partial charge in [-0.15, -0.1) is 0 Å². The third kappa shape index (κ3) is 2.95. The van der Waals surface area contributed by atoms with E-state index in [0.717, 1.165) is 4.68 Å². The molecule has 0 aliphatic rings. The molecule has 2 heterocycles. The number of aromatic nitrogens is 4. The topological polar surface area (TPSA) is 134 Å². The van der Waals surface area contributed by atoms with Gasteiger partial charge in [0.25, 0.3) is 5.91 Å². The Morgan fingerprint density at radius 3 is 2.62 bits per heavy atom. The molecule has 0 aliphatic heterocycles. The third-order valence-corrected chi connectivity index (χ3v) is 3.25. The standard InChI is InChI=1S/C13H16N6O5/c1-5-24-13(21)8-6-14-18(4)11(8)15-12(20)10-9(19(22)23)7(2)16-17(10)3/h6H,5H2,1-4H3,(H,15,20). The zero-order chi connectivity index (χ0) is 18.0. The minimum atomic E-state index is -0.779. The van der Waals surface area contributed by atoms with Crippen molar-refractivity contribution < 1.29 is 19.2 Å². The van der Waals surface area contributed by atoms with Crippen LogP contribution in [0.5, 0.6) is 0 Å². The Kier molecular flexibility index (Phi) is 4.62. The highest BCUT2D eigenvalue weighted by Crippen LogP contribution is 2.24. The van der Waals surface area contributed by atoms with Crippen LogP contribution >= 0.6 is 0 Å². The van der Waals surface area contributed by atoms with Crippen LogP contribution in [0.15, 0.2) is 6.20 Å². The number of carbonyl (C=O) groups is 2. The van der Waals surface area contributed by atoms with Crippen molar-refractivity contribution in [3.8, 4) is 0 Å². The number of hydrogen-bond donors (Lipinski definition) is 1. The average molecular weight is 336 g/mol. The van der Waals surface area contributed by atoms with Gasteiger partial charge >= 0.3 is 11.7 Å². The molecule has 0 fully saturated rings. The van der Waals surface area contributed by atoms with Crippen LogP contribution in [0.3, 0.4) is 0 Å². The molecular weight excluding hydrogens is 320 g/mol. The number of aryl methyl sites for hydroxylation is 3. The Labute approximate surface area is 136 Å². The molecule has 1 amide bonds. The summed E-state index contributed by atoms with van der Waals surface area (Å²) in [7, 11) is 2.94. The maximum Gasteiger partial charge on any atom is 0.343 e. The molecule has 11 nitrogen and oxygen atoms in total. The highest BCUT2D eigenvalue weighted by molar-refractivity contribution is 6.08. The van der Waals surface area contributed by atoms with Gasteiger partial charge in [0, 0.05) is 14.1 Å². The van der Waals surface area contributed by atoms with E-state index in [0.29, 0.717) is 0 Å². The van der Waals surface area contributed by atoms with Gasteiger partial charge in [-0.3, -0.25) is 24.3 Å². The van der Waals surface area contributed by atoms with Crippen molar-refractivity contribution in [2.45, 2.75) is 13.8 Å². The SMILES string of the molecule is CCOC(=O)c1cnn(C)c1NC(=O)c1c([N+](=O)[O-])c(C)nn1C. The van der Waals surface area contributed by atoms with E-state index < -0.39 is 22.5 Å². The fourth-order valence-electron chi connectivity index (χ4n) is 2.23. The molecule has 2 aromatic rings. The molecule has 0 saturated heterocycles. The van der Waals surface area contributed by atoms with Gasteiger partial charge in [0.1, 0.15) is 17.1 Å². The highest BCUT2D eigenvalue weighted by Gasteiger charge is 2.30. The van der Waals surface area contributed by atoms with Crippen molar-refractivity contribution in [2.75, 3.05) is 11.9 Å². The van der Waals surface area contributed by atoms with Gasteiger partial charge in [-0.2, -0.15) is 10.2 Å². The summed E-state index contributed by atoms with van der Waals surface area (Å²) in [6.45, 7) is 3.24. The van der Waals surface area contributed by atoms with Gasteiger partial charge in [0.15, 0.2) is 0 Å². The van der Waals surface area contributed by atoms with Crippen molar-refractivity contribution in [3.05, 3.63) is 33.3 Å². The molecule has 1 N–H and O–H groups in total. The van der Waals surface area contributed by atoms with Gasteiger partial charge in [0.05, 0.1) is 17.7 Å². The first-order valence-electron chi connectivity index (χ1n) is 6.96. The molecule has 0 spiro atoms. The van der Waals surface area contributed by atoms with E-state index in [1.54, 1.807) is 6.92 Å². The van der Waals surface area contributed by atoms with Crippen molar-refractivity contribution >= 4 is 23.4 Å². The van der Waals surface area contributed by atoms with Crippen LogP contribution < -0.4 is 5.32 Å². The fraction of sp³-hybridized carbons (Fsp3) is 0.385.